The predicted octanol–water partition coefficient (Wildman–Crippen LogP) is 3.40. The number of aliphatic hydroxyl groups is 1. The van der Waals surface area contributed by atoms with Crippen molar-refractivity contribution in [2.24, 2.45) is 11.8 Å². The highest BCUT2D eigenvalue weighted by atomic mass is 16.7. The molecule has 162 valence electrons. The Morgan fingerprint density at radius 2 is 2.10 bits per heavy atom. The van der Waals surface area contributed by atoms with Gasteiger partial charge in [-0.25, -0.2) is 4.98 Å². The summed E-state index contributed by atoms with van der Waals surface area (Å²) in [5.41, 5.74) is 1.83. The van der Waals surface area contributed by atoms with E-state index >= 15 is 0 Å². The number of hydrogen-bond acceptors (Lipinski definition) is 5. The SMILES string of the molecule is O=C(NCc1nc2ccccc2[nH]1)C1=C[C@H](C2CCCC2)C[C@H](OCCCCO)O1. The molecule has 0 unspecified atom stereocenters. The minimum absolute atomic E-state index is 0.162. The van der Waals surface area contributed by atoms with E-state index in [4.69, 9.17) is 14.6 Å². The number of carbonyl (C=O) groups excluding carboxylic acids is 1. The normalized spacial score (nSPS) is 22.1. The van der Waals surface area contributed by atoms with Crippen molar-refractivity contribution < 1.29 is 19.4 Å². The van der Waals surface area contributed by atoms with Crippen LogP contribution >= 0.6 is 0 Å². The molecule has 0 spiro atoms. The summed E-state index contributed by atoms with van der Waals surface area (Å²) in [6, 6.07) is 7.80. The predicted molar refractivity (Wildman–Crippen MR) is 113 cm³/mol. The van der Waals surface area contributed by atoms with Gasteiger partial charge in [0, 0.05) is 13.0 Å². The third-order valence-electron chi connectivity index (χ3n) is 6.03. The van der Waals surface area contributed by atoms with Crippen LogP contribution < -0.4 is 5.32 Å². The second-order valence-electron chi connectivity index (χ2n) is 8.21. The van der Waals surface area contributed by atoms with E-state index in [-0.39, 0.29) is 12.5 Å². The number of ether oxygens (including phenoxy) is 2. The van der Waals surface area contributed by atoms with Crippen molar-refractivity contribution in [1.29, 1.82) is 0 Å². The fourth-order valence-corrected chi connectivity index (χ4v) is 4.43. The number of nitrogens with zero attached hydrogens (tertiary/aromatic N) is 1. The number of allylic oxidation sites excluding steroid dienone is 1. The van der Waals surface area contributed by atoms with Gasteiger partial charge in [-0.2, -0.15) is 0 Å². The molecule has 2 aliphatic rings. The molecule has 0 radical (unpaired) electrons. The van der Waals surface area contributed by atoms with Crippen LogP contribution in [0.1, 0.15) is 50.8 Å². The summed E-state index contributed by atoms with van der Waals surface area (Å²) in [6.45, 7) is 0.996. The van der Waals surface area contributed by atoms with Gasteiger partial charge in [0.1, 0.15) is 5.82 Å². The fraction of sp³-hybridized carbons (Fsp3) is 0.565. The van der Waals surface area contributed by atoms with E-state index in [1.54, 1.807) is 0 Å². The zero-order valence-corrected chi connectivity index (χ0v) is 17.3. The number of amides is 1. The van der Waals surface area contributed by atoms with Crippen molar-refractivity contribution in [1.82, 2.24) is 15.3 Å². The Labute approximate surface area is 176 Å². The molecular formula is C23H31N3O4. The highest BCUT2D eigenvalue weighted by molar-refractivity contribution is 5.91. The maximum Gasteiger partial charge on any atom is 0.286 e. The Balaban J connectivity index is 1.38. The van der Waals surface area contributed by atoms with Crippen LogP contribution in [0.3, 0.4) is 0 Å². The number of unbranched alkanes of at least 4 members (excludes halogenated alkanes) is 1. The van der Waals surface area contributed by atoms with Gasteiger partial charge >= 0.3 is 0 Å². The van der Waals surface area contributed by atoms with Crippen LogP contribution in [0.25, 0.3) is 11.0 Å². The van der Waals surface area contributed by atoms with E-state index in [1.165, 1.54) is 25.7 Å². The van der Waals surface area contributed by atoms with Crippen LogP contribution in [-0.2, 0) is 20.8 Å². The van der Waals surface area contributed by atoms with E-state index in [0.717, 1.165) is 23.9 Å². The summed E-state index contributed by atoms with van der Waals surface area (Å²) in [4.78, 5) is 20.6. The second-order valence-corrected chi connectivity index (χ2v) is 8.21. The molecule has 1 aliphatic carbocycles. The van der Waals surface area contributed by atoms with Crippen molar-refractivity contribution in [3.63, 3.8) is 0 Å². The van der Waals surface area contributed by atoms with Crippen LogP contribution in [0.15, 0.2) is 36.1 Å². The van der Waals surface area contributed by atoms with Gasteiger partial charge in [-0.05, 0) is 55.7 Å². The molecule has 4 rings (SSSR count). The summed E-state index contributed by atoms with van der Waals surface area (Å²) < 4.78 is 11.8. The van der Waals surface area contributed by atoms with Crippen molar-refractivity contribution in [2.45, 2.75) is 57.8 Å². The number of benzene rings is 1. The maximum absolute atomic E-state index is 12.8. The van der Waals surface area contributed by atoms with Crippen molar-refractivity contribution in [3.8, 4) is 0 Å². The average Bonchev–Trinajstić information content (AvgIpc) is 3.44. The number of aromatic amines is 1. The third kappa shape index (κ3) is 5.21. The van der Waals surface area contributed by atoms with Crippen molar-refractivity contribution in [3.05, 3.63) is 41.9 Å². The molecule has 3 N–H and O–H groups in total. The Bertz CT molecular complexity index is 839. The number of aromatic nitrogens is 2. The summed E-state index contributed by atoms with van der Waals surface area (Å²) in [6.07, 6.45) is 8.77. The Morgan fingerprint density at radius 3 is 2.90 bits per heavy atom. The number of H-pyrrole nitrogens is 1. The molecule has 2 aromatic rings. The number of fused-ring (bicyclic) bond motifs is 1. The summed E-state index contributed by atoms with van der Waals surface area (Å²) >= 11 is 0. The molecule has 1 aromatic carbocycles. The first-order valence-corrected chi connectivity index (χ1v) is 11.1. The number of hydrogen-bond donors (Lipinski definition) is 3. The smallest absolute Gasteiger partial charge is 0.286 e. The number of nitrogens with one attached hydrogen (secondary N) is 2. The van der Waals surface area contributed by atoms with Gasteiger partial charge in [-0.3, -0.25) is 4.79 Å². The third-order valence-corrected chi connectivity index (χ3v) is 6.03. The number of para-hydroxylation sites is 2. The highest BCUT2D eigenvalue weighted by Crippen LogP contribution is 2.38. The quantitative estimate of drug-likeness (QED) is 0.548. The van der Waals surface area contributed by atoms with Gasteiger partial charge in [0.25, 0.3) is 5.91 Å². The highest BCUT2D eigenvalue weighted by Gasteiger charge is 2.33. The van der Waals surface area contributed by atoms with Crippen molar-refractivity contribution in [2.75, 3.05) is 13.2 Å². The van der Waals surface area contributed by atoms with Gasteiger partial charge in [-0.15, -0.1) is 0 Å². The Kier molecular flexibility index (Phi) is 7.02. The lowest BCUT2D eigenvalue weighted by Crippen LogP contribution is -2.34. The fourth-order valence-electron chi connectivity index (χ4n) is 4.43. The Hall–Kier alpha value is -2.38. The summed E-state index contributed by atoms with van der Waals surface area (Å²) in [5, 5.41) is 11.9. The first-order chi connectivity index (χ1) is 14.7. The van der Waals surface area contributed by atoms with Crippen molar-refractivity contribution >= 4 is 16.9 Å². The van der Waals surface area contributed by atoms with Crippen LogP contribution in [0.5, 0.6) is 0 Å². The molecular weight excluding hydrogens is 382 g/mol. The van der Waals surface area contributed by atoms with E-state index in [2.05, 4.69) is 15.3 Å². The lowest BCUT2D eigenvalue weighted by Gasteiger charge is -2.32. The molecule has 1 saturated carbocycles. The average molecular weight is 414 g/mol. The van der Waals surface area contributed by atoms with Gasteiger partial charge in [0.15, 0.2) is 5.76 Å². The second kappa shape index (κ2) is 10.1. The molecule has 2 atom stereocenters. The molecule has 7 nitrogen and oxygen atoms in total. The molecule has 1 aliphatic heterocycles. The standard InChI is InChI=1S/C23H31N3O4/c27-11-5-6-12-29-22-14-17(16-7-1-2-8-16)13-20(30-22)23(28)24-15-21-25-18-9-3-4-10-19(18)26-21/h3-4,9-10,13,16-17,22,27H,1-2,5-8,11-12,14-15H2,(H,24,28)(H,25,26)/t17-,22+/m0/s1. The zero-order chi connectivity index (χ0) is 20.8. The first-order valence-electron chi connectivity index (χ1n) is 11.1. The van der Waals surface area contributed by atoms with Gasteiger partial charge in [0.05, 0.1) is 24.2 Å². The largest absolute Gasteiger partial charge is 0.459 e. The number of imidazole rings is 1. The van der Waals surface area contributed by atoms with Crippen LogP contribution in [0.2, 0.25) is 0 Å². The van der Waals surface area contributed by atoms with Crippen LogP contribution in [-0.4, -0.2) is 40.5 Å². The maximum atomic E-state index is 12.8. The first kappa shape index (κ1) is 20.9. The molecule has 30 heavy (non-hydrogen) atoms. The van der Waals surface area contributed by atoms with E-state index in [9.17, 15) is 4.79 Å². The van der Waals surface area contributed by atoms with E-state index < -0.39 is 6.29 Å². The minimum Gasteiger partial charge on any atom is -0.459 e. The lowest BCUT2D eigenvalue weighted by molar-refractivity contribution is -0.151. The molecule has 1 aromatic heterocycles. The molecule has 0 saturated heterocycles. The summed E-state index contributed by atoms with van der Waals surface area (Å²) in [5.74, 6) is 1.72. The molecule has 0 bridgehead atoms. The van der Waals surface area contributed by atoms with Gasteiger partial charge < -0.3 is 24.9 Å². The molecule has 2 heterocycles. The Morgan fingerprint density at radius 1 is 1.27 bits per heavy atom. The van der Waals surface area contributed by atoms with Gasteiger partial charge in [0.2, 0.25) is 6.29 Å². The molecule has 1 fully saturated rings. The zero-order valence-electron chi connectivity index (χ0n) is 17.3. The number of rotatable bonds is 9. The summed E-state index contributed by atoms with van der Waals surface area (Å²) in [7, 11) is 0. The number of aliphatic hydroxyl groups excluding tert-OH is 1. The monoisotopic (exact) mass is 413 g/mol. The van der Waals surface area contributed by atoms with E-state index in [1.807, 2.05) is 30.3 Å². The topological polar surface area (TPSA) is 96.5 Å². The molecule has 7 heteroatoms. The van der Waals surface area contributed by atoms with Gasteiger partial charge in [-0.1, -0.05) is 25.0 Å². The van der Waals surface area contributed by atoms with Crippen LogP contribution in [0.4, 0.5) is 0 Å². The minimum atomic E-state index is -0.411. The van der Waals surface area contributed by atoms with E-state index in [0.29, 0.717) is 43.0 Å². The number of carbonyl (C=O) groups is 1. The van der Waals surface area contributed by atoms with Crippen LogP contribution in [0, 0.1) is 11.8 Å². The lowest BCUT2D eigenvalue weighted by atomic mass is 9.86. The molecule has 1 amide bonds.